The molecule has 0 bridgehead atoms. The van der Waals surface area contributed by atoms with Gasteiger partial charge in [-0.15, -0.1) is 0 Å². The third-order valence-corrected chi connectivity index (χ3v) is 3.76. The Hall–Kier alpha value is -0.460. The molecule has 0 amide bonds. The number of aliphatic hydroxyl groups is 1. The summed E-state index contributed by atoms with van der Waals surface area (Å²) in [5, 5.41) is 9.19. The smallest absolute Gasteiger partial charge is 0.0933 e. The van der Waals surface area contributed by atoms with Gasteiger partial charge >= 0.3 is 0 Å². The maximum atomic E-state index is 9.19. The maximum absolute atomic E-state index is 9.19. The molecule has 2 unspecified atom stereocenters. The van der Waals surface area contributed by atoms with Crippen LogP contribution in [-0.2, 0) is 4.74 Å². The number of hydrogen-bond donors (Lipinski definition) is 2. The summed E-state index contributed by atoms with van der Waals surface area (Å²) < 4.78 is 6.53. The topological polar surface area (TPSA) is 58.7 Å². The third kappa shape index (κ3) is 3.30. The quantitative estimate of drug-likeness (QED) is 0.875. The molecule has 1 aliphatic heterocycles. The molecule has 2 atom stereocenters. The predicted octanol–water partition coefficient (Wildman–Crippen LogP) is 1.14. The number of rotatable bonds is 4. The number of halogens is 1. The maximum Gasteiger partial charge on any atom is 0.0933 e. The van der Waals surface area contributed by atoms with Crippen molar-refractivity contribution in [2.45, 2.75) is 12.1 Å². The minimum Gasteiger partial charge on any atom is -0.394 e. The van der Waals surface area contributed by atoms with E-state index >= 15 is 0 Å². The molecule has 1 aromatic rings. The highest BCUT2D eigenvalue weighted by atomic mass is 79.9. The highest BCUT2D eigenvalue weighted by Crippen LogP contribution is 2.24. The van der Waals surface area contributed by atoms with E-state index in [1.54, 1.807) is 0 Å². The van der Waals surface area contributed by atoms with Gasteiger partial charge in [0.15, 0.2) is 0 Å². The first-order chi connectivity index (χ1) is 8.74. The predicted molar refractivity (Wildman–Crippen MR) is 74.3 cm³/mol. The van der Waals surface area contributed by atoms with E-state index in [1.165, 1.54) is 5.56 Å². The van der Waals surface area contributed by atoms with E-state index in [-0.39, 0.29) is 18.8 Å². The van der Waals surface area contributed by atoms with Crippen LogP contribution in [-0.4, -0.2) is 49.0 Å². The second-order valence-corrected chi connectivity index (χ2v) is 5.39. The van der Waals surface area contributed by atoms with Gasteiger partial charge in [0.2, 0.25) is 0 Å². The fourth-order valence-corrected chi connectivity index (χ4v) is 2.76. The lowest BCUT2D eigenvalue weighted by atomic mass is 10.0. The van der Waals surface area contributed by atoms with Crippen LogP contribution in [0.15, 0.2) is 28.7 Å². The third-order valence-electron chi connectivity index (χ3n) is 3.27. The summed E-state index contributed by atoms with van der Waals surface area (Å²) in [4.78, 5) is 2.28. The molecular weight excluding hydrogens is 296 g/mol. The number of hydrogen-bond acceptors (Lipinski definition) is 4. The molecule has 0 saturated carbocycles. The van der Waals surface area contributed by atoms with Crippen LogP contribution in [0.3, 0.4) is 0 Å². The van der Waals surface area contributed by atoms with E-state index in [4.69, 9.17) is 10.5 Å². The van der Waals surface area contributed by atoms with Crippen molar-refractivity contribution in [3.63, 3.8) is 0 Å². The van der Waals surface area contributed by atoms with Crippen molar-refractivity contribution in [2.24, 2.45) is 5.73 Å². The Morgan fingerprint density at radius 1 is 1.56 bits per heavy atom. The SMILES string of the molecule is NCC(c1cccc(Br)c1)N1CCOC(CO)C1. The summed E-state index contributed by atoms with van der Waals surface area (Å²) >= 11 is 3.49. The minimum absolute atomic E-state index is 0.0618. The Morgan fingerprint density at radius 2 is 2.39 bits per heavy atom. The van der Waals surface area contributed by atoms with Gasteiger partial charge in [-0.3, -0.25) is 4.90 Å². The van der Waals surface area contributed by atoms with Crippen molar-refractivity contribution < 1.29 is 9.84 Å². The summed E-state index contributed by atoms with van der Waals surface area (Å²) in [5.41, 5.74) is 7.11. The van der Waals surface area contributed by atoms with Crippen LogP contribution in [0.25, 0.3) is 0 Å². The van der Waals surface area contributed by atoms with E-state index in [2.05, 4.69) is 33.0 Å². The zero-order valence-corrected chi connectivity index (χ0v) is 11.8. The van der Waals surface area contributed by atoms with Crippen molar-refractivity contribution in [1.29, 1.82) is 0 Å². The van der Waals surface area contributed by atoms with Crippen LogP contribution in [0.4, 0.5) is 0 Å². The van der Waals surface area contributed by atoms with Crippen LogP contribution in [0.2, 0.25) is 0 Å². The van der Waals surface area contributed by atoms with E-state index in [1.807, 2.05) is 12.1 Å². The van der Waals surface area contributed by atoms with Gasteiger partial charge in [-0.05, 0) is 17.7 Å². The molecule has 0 aliphatic carbocycles. The van der Waals surface area contributed by atoms with Crippen LogP contribution < -0.4 is 5.73 Å². The summed E-state index contributed by atoms with van der Waals surface area (Å²) in [5.74, 6) is 0. The Bertz CT molecular complexity index is 389. The molecule has 4 nitrogen and oxygen atoms in total. The standard InChI is InChI=1S/C13H19BrN2O2/c14-11-3-1-2-10(6-11)13(7-15)16-4-5-18-12(8-16)9-17/h1-3,6,12-13,17H,4-5,7-9,15H2. The van der Waals surface area contributed by atoms with Gasteiger partial charge in [-0.1, -0.05) is 28.1 Å². The van der Waals surface area contributed by atoms with E-state index in [9.17, 15) is 5.11 Å². The average Bonchev–Trinajstić information content (AvgIpc) is 2.40. The summed E-state index contributed by atoms with van der Waals surface area (Å²) in [6, 6.07) is 8.39. The number of aliphatic hydroxyl groups excluding tert-OH is 1. The van der Waals surface area contributed by atoms with Crippen molar-refractivity contribution >= 4 is 15.9 Å². The summed E-state index contributed by atoms with van der Waals surface area (Å²) in [6.45, 7) is 2.85. The first-order valence-electron chi connectivity index (χ1n) is 6.16. The molecule has 1 aromatic carbocycles. The zero-order chi connectivity index (χ0) is 13.0. The molecular formula is C13H19BrN2O2. The highest BCUT2D eigenvalue weighted by molar-refractivity contribution is 9.10. The van der Waals surface area contributed by atoms with Crippen molar-refractivity contribution in [3.8, 4) is 0 Å². The largest absolute Gasteiger partial charge is 0.394 e. The first kappa shape index (κ1) is 14.0. The number of benzene rings is 1. The molecule has 18 heavy (non-hydrogen) atoms. The molecule has 1 fully saturated rings. The summed E-state index contributed by atoms with van der Waals surface area (Å²) in [7, 11) is 0. The van der Waals surface area contributed by atoms with Gasteiger partial charge in [0.05, 0.1) is 19.3 Å². The highest BCUT2D eigenvalue weighted by Gasteiger charge is 2.26. The molecule has 3 N–H and O–H groups in total. The minimum atomic E-state index is -0.0973. The number of morpholine rings is 1. The lowest BCUT2D eigenvalue weighted by molar-refractivity contribution is -0.0643. The lowest BCUT2D eigenvalue weighted by Gasteiger charge is -2.37. The van der Waals surface area contributed by atoms with Crippen LogP contribution in [0.5, 0.6) is 0 Å². The van der Waals surface area contributed by atoms with Crippen molar-refractivity contribution in [3.05, 3.63) is 34.3 Å². The van der Waals surface area contributed by atoms with E-state index < -0.39 is 0 Å². The van der Waals surface area contributed by atoms with Crippen molar-refractivity contribution in [1.82, 2.24) is 4.90 Å². The first-order valence-corrected chi connectivity index (χ1v) is 6.96. The monoisotopic (exact) mass is 314 g/mol. The number of nitrogens with zero attached hydrogens (tertiary/aromatic N) is 1. The molecule has 1 saturated heterocycles. The Balaban J connectivity index is 2.12. The van der Waals surface area contributed by atoms with E-state index in [0.29, 0.717) is 13.2 Å². The molecule has 2 rings (SSSR count). The van der Waals surface area contributed by atoms with Gasteiger partial charge in [0.1, 0.15) is 0 Å². The lowest BCUT2D eigenvalue weighted by Crippen LogP contribution is -2.47. The van der Waals surface area contributed by atoms with Gasteiger partial charge < -0.3 is 15.6 Å². The second kappa shape index (κ2) is 6.63. The molecule has 0 spiro atoms. The molecule has 5 heteroatoms. The fraction of sp³-hybridized carbons (Fsp3) is 0.538. The van der Waals surface area contributed by atoms with Crippen molar-refractivity contribution in [2.75, 3.05) is 32.8 Å². The zero-order valence-electron chi connectivity index (χ0n) is 10.3. The van der Waals surface area contributed by atoms with Crippen LogP contribution in [0.1, 0.15) is 11.6 Å². The fourth-order valence-electron chi connectivity index (χ4n) is 2.35. The van der Waals surface area contributed by atoms with Gasteiger partial charge in [-0.2, -0.15) is 0 Å². The van der Waals surface area contributed by atoms with E-state index in [0.717, 1.165) is 17.6 Å². The normalized spacial score (nSPS) is 22.9. The Kier molecular flexibility index (Phi) is 5.14. The molecule has 1 heterocycles. The molecule has 0 radical (unpaired) electrons. The van der Waals surface area contributed by atoms with Crippen LogP contribution in [0, 0.1) is 0 Å². The Labute approximate surface area is 116 Å². The average molecular weight is 315 g/mol. The summed E-state index contributed by atoms with van der Waals surface area (Å²) in [6.07, 6.45) is -0.0973. The van der Waals surface area contributed by atoms with Crippen LogP contribution >= 0.6 is 15.9 Å². The van der Waals surface area contributed by atoms with Gasteiger partial charge in [0.25, 0.3) is 0 Å². The second-order valence-electron chi connectivity index (χ2n) is 4.48. The molecule has 0 aromatic heterocycles. The number of ether oxygens (including phenoxy) is 1. The molecule has 1 aliphatic rings. The Morgan fingerprint density at radius 3 is 3.06 bits per heavy atom. The molecule has 100 valence electrons. The number of nitrogens with two attached hydrogens (primary N) is 1. The van der Waals surface area contributed by atoms with Gasteiger partial charge in [0, 0.05) is 30.1 Å². The van der Waals surface area contributed by atoms with Gasteiger partial charge in [-0.25, -0.2) is 0 Å².